The minimum atomic E-state index is -0.133. The van der Waals surface area contributed by atoms with Crippen LogP contribution >= 0.6 is 27.7 Å². The maximum absolute atomic E-state index is 12.1. The van der Waals surface area contributed by atoms with Gasteiger partial charge in [-0.2, -0.15) is 0 Å². The van der Waals surface area contributed by atoms with Crippen LogP contribution in [0.3, 0.4) is 0 Å². The predicted octanol–water partition coefficient (Wildman–Crippen LogP) is 4.74. The van der Waals surface area contributed by atoms with E-state index in [0.717, 1.165) is 27.4 Å². The Morgan fingerprint density at radius 3 is 2.41 bits per heavy atom. The molecule has 0 saturated carbocycles. The van der Waals surface area contributed by atoms with Crippen LogP contribution in [0.15, 0.2) is 62.6 Å². The van der Waals surface area contributed by atoms with E-state index in [2.05, 4.69) is 26.1 Å². The lowest BCUT2D eigenvalue weighted by atomic mass is 10.1. The van der Waals surface area contributed by atoms with Crippen molar-refractivity contribution in [1.82, 2.24) is 10.2 Å². The molecule has 0 amide bonds. The number of carbonyl (C=O) groups excluding carboxylic acids is 1. The highest BCUT2D eigenvalue weighted by molar-refractivity contribution is 9.10. The fourth-order valence-electron chi connectivity index (χ4n) is 1.79. The molecule has 1 heterocycles. The molecule has 1 aromatic heterocycles. The monoisotopic (exact) mass is 374 g/mol. The number of thioether (sulfide) groups is 1. The summed E-state index contributed by atoms with van der Waals surface area (Å²) in [5.41, 5.74) is 2.58. The summed E-state index contributed by atoms with van der Waals surface area (Å²) in [4.78, 5) is 12.1. The smallest absolute Gasteiger partial charge is 0.284 e. The largest absolute Gasteiger partial charge is 0.411 e. The van der Waals surface area contributed by atoms with Gasteiger partial charge in [-0.25, -0.2) is 0 Å². The number of hydrogen-bond acceptors (Lipinski definition) is 5. The van der Waals surface area contributed by atoms with Crippen molar-refractivity contribution in [2.75, 3.05) is 0 Å². The van der Waals surface area contributed by atoms with Crippen molar-refractivity contribution in [3.05, 3.63) is 64.1 Å². The van der Waals surface area contributed by atoms with Gasteiger partial charge in [0.15, 0.2) is 0 Å². The second kappa shape index (κ2) is 6.46. The Morgan fingerprint density at radius 1 is 1.05 bits per heavy atom. The highest BCUT2D eigenvalue weighted by Crippen LogP contribution is 2.26. The molecule has 0 spiro atoms. The van der Waals surface area contributed by atoms with Gasteiger partial charge < -0.3 is 4.42 Å². The van der Waals surface area contributed by atoms with Gasteiger partial charge in [0, 0.05) is 27.4 Å². The third kappa shape index (κ3) is 3.45. The van der Waals surface area contributed by atoms with Crippen LogP contribution in [0.4, 0.5) is 0 Å². The molecule has 0 bridgehead atoms. The molecule has 0 N–H and O–H groups in total. The zero-order valence-corrected chi connectivity index (χ0v) is 14.0. The summed E-state index contributed by atoms with van der Waals surface area (Å²) in [6.07, 6.45) is 0. The summed E-state index contributed by atoms with van der Waals surface area (Å²) >= 11 is 4.26. The molecule has 3 rings (SSSR count). The van der Waals surface area contributed by atoms with Gasteiger partial charge in [-0.3, -0.25) is 4.79 Å². The molecule has 3 aromatic rings. The predicted molar refractivity (Wildman–Crippen MR) is 88.8 cm³/mol. The molecule has 0 unspecified atom stereocenters. The first-order chi connectivity index (χ1) is 10.6. The Balaban J connectivity index is 1.75. The molecule has 0 saturated heterocycles. The molecule has 0 atom stereocenters. The normalized spacial score (nSPS) is 10.6. The number of rotatable bonds is 3. The molecule has 22 heavy (non-hydrogen) atoms. The minimum Gasteiger partial charge on any atom is -0.411 e. The van der Waals surface area contributed by atoms with Gasteiger partial charge in [0.05, 0.1) is 0 Å². The Morgan fingerprint density at radius 2 is 1.73 bits per heavy atom. The van der Waals surface area contributed by atoms with E-state index in [0.29, 0.717) is 11.5 Å². The number of halogens is 1. The molecular formula is C16H11BrN2O2S. The van der Waals surface area contributed by atoms with E-state index >= 15 is 0 Å². The molecule has 0 radical (unpaired) electrons. The Labute approximate surface area is 140 Å². The van der Waals surface area contributed by atoms with Gasteiger partial charge in [0.1, 0.15) is 0 Å². The summed E-state index contributed by atoms with van der Waals surface area (Å²) in [7, 11) is 0. The van der Waals surface area contributed by atoms with Crippen LogP contribution in [0, 0.1) is 6.92 Å². The van der Waals surface area contributed by atoms with Crippen LogP contribution in [0.25, 0.3) is 11.5 Å². The number of aryl methyl sites for hydroxylation is 1. The maximum Gasteiger partial charge on any atom is 0.284 e. The van der Waals surface area contributed by atoms with E-state index in [1.807, 2.05) is 43.3 Å². The van der Waals surface area contributed by atoms with Crippen molar-refractivity contribution < 1.29 is 9.21 Å². The lowest BCUT2D eigenvalue weighted by Gasteiger charge is -1.97. The Hall–Kier alpha value is -1.92. The van der Waals surface area contributed by atoms with Gasteiger partial charge >= 0.3 is 0 Å². The summed E-state index contributed by atoms with van der Waals surface area (Å²) < 4.78 is 6.46. The highest BCUT2D eigenvalue weighted by Gasteiger charge is 2.14. The number of aromatic nitrogens is 2. The second-order valence-corrected chi connectivity index (χ2v) is 6.48. The molecule has 6 heteroatoms. The lowest BCUT2D eigenvalue weighted by Crippen LogP contribution is -1.92. The van der Waals surface area contributed by atoms with Gasteiger partial charge in [0.2, 0.25) is 11.0 Å². The van der Waals surface area contributed by atoms with Gasteiger partial charge in [0.25, 0.3) is 5.22 Å². The topological polar surface area (TPSA) is 56.0 Å². The van der Waals surface area contributed by atoms with Crippen LogP contribution in [0.5, 0.6) is 0 Å². The number of benzene rings is 2. The Kier molecular flexibility index (Phi) is 4.40. The molecule has 0 aliphatic carbocycles. The lowest BCUT2D eigenvalue weighted by molar-refractivity contribution is 0.108. The van der Waals surface area contributed by atoms with Crippen molar-refractivity contribution >= 4 is 32.8 Å². The quantitative estimate of drug-likeness (QED) is 0.619. The van der Waals surface area contributed by atoms with Crippen LogP contribution in [-0.4, -0.2) is 15.3 Å². The average molecular weight is 375 g/mol. The van der Waals surface area contributed by atoms with Gasteiger partial charge in [-0.1, -0.05) is 33.6 Å². The summed E-state index contributed by atoms with van der Waals surface area (Å²) in [6, 6.07) is 14.9. The van der Waals surface area contributed by atoms with Crippen LogP contribution in [0.1, 0.15) is 15.9 Å². The number of hydrogen-bond donors (Lipinski definition) is 0. The molecule has 0 aliphatic rings. The van der Waals surface area contributed by atoms with Crippen LogP contribution in [0.2, 0.25) is 0 Å². The average Bonchev–Trinajstić information content (AvgIpc) is 2.97. The van der Waals surface area contributed by atoms with E-state index in [9.17, 15) is 4.79 Å². The molecule has 0 aliphatic heterocycles. The first-order valence-electron chi connectivity index (χ1n) is 6.50. The van der Waals surface area contributed by atoms with Crippen molar-refractivity contribution in [3.8, 4) is 11.5 Å². The van der Waals surface area contributed by atoms with Crippen molar-refractivity contribution in [2.45, 2.75) is 12.1 Å². The zero-order chi connectivity index (χ0) is 15.5. The zero-order valence-electron chi connectivity index (χ0n) is 11.6. The van der Waals surface area contributed by atoms with E-state index in [1.54, 1.807) is 12.1 Å². The minimum absolute atomic E-state index is 0.133. The molecule has 2 aromatic carbocycles. The van der Waals surface area contributed by atoms with Crippen molar-refractivity contribution in [1.29, 1.82) is 0 Å². The van der Waals surface area contributed by atoms with Gasteiger partial charge in [-0.05, 0) is 43.3 Å². The standard InChI is InChI=1S/C16H11BrN2O2S/c1-10-2-4-11(5-3-10)14-18-19-16(21-14)22-15(20)12-6-8-13(17)9-7-12/h2-9H,1H3. The Bertz CT molecular complexity index is 798. The van der Waals surface area contributed by atoms with Crippen molar-refractivity contribution in [2.24, 2.45) is 0 Å². The molecule has 110 valence electrons. The fourth-order valence-corrected chi connectivity index (χ4v) is 2.67. The maximum atomic E-state index is 12.1. The van der Waals surface area contributed by atoms with E-state index in [-0.39, 0.29) is 10.3 Å². The summed E-state index contributed by atoms with van der Waals surface area (Å²) in [5.74, 6) is 0.408. The number of nitrogens with zero attached hydrogens (tertiary/aromatic N) is 2. The third-order valence-corrected chi connectivity index (χ3v) is 4.25. The summed E-state index contributed by atoms with van der Waals surface area (Å²) in [5, 5.41) is 8.00. The van der Waals surface area contributed by atoms with Crippen LogP contribution < -0.4 is 0 Å². The number of carbonyl (C=O) groups is 1. The molecule has 0 fully saturated rings. The highest BCUT2D eigenvalue weighted by atomic mass is 79.9. The van der Waals surface area contributed by atoms with E-state index in [4.69, 9.17) is 4.42 Å². The second-order valence-electron chi connectivity index (χ2n) is 4.64. The summed E-state index contributed by atoms with van der Waals surface area (Å²) in [6.45, 7) is 2.01. The first kappa shape index (κ1) is 15.0. The molecular weight excluding hydrogens is 364 g/mol. The third-order valence-electron chi connectivity index (χ3n) is 2.96. The van der Waals surface area contributed by atoms with Crippen LogP contribution in [-0.2, 0) is 0 Å². The van der Waals surface area contributed by atoms with Gasteiger partial charge in [-0.15, -0.1) is 10.2 Å². The van der Waals surface area contributed by atoms with Crippen molar-refractivity contribution in [3.63, 3.8) is 0 Å². The fraction of sp³-hybridized carbons (Fsp3) is 0.0625. The SMILES string of the molecule is Cc1ccc(-c2nnc(SC(=O)c3ccc(Br)cc3)o2)cc1. The first-order valence-corrected chi connectivity index (χ1v) is 8.11. The van der Waals surface area contributed by atoms with E-state index < -0.39 is 0 Å². The molecule has 4 nitrogen and oxygen atoms in total. The van der Waals surface area contributed by atoms with E-state index in [1.165, 1.54) is 0 Å².